The van der Waals surface area contributed by atoms with Crippen LogP contribution in [0.25, 0.3) is 0 Å². The van der Waals surface area contributed by atoms with Gasteiger partial charge in [-0.1, -0.05) is 41.0 Å². The monoisotopic (exact) mass is 288 g/mol. The van der Waals surface area contributed by atoms with Gasteiger partial charge >= 0.3 is 0 Å². The third kappa shape index (κ3) is 6.55. The molecule has 0 aliphatic carbocycles. The predicted molar refractivity (Wildman–Crippen MR) is 84.8 cm³/mol. The molecular weight excluding hydrogens is 252 g/mol. The summed E-state index contributed by atoms with van der Waals surface area (Å²) in [5.41, 5.74) is -0.527. The number of ether oxygens (including phenoxy) is 2. The van der Waals surface area contributed by atoms with Crippen molar-refractivity contribution in [2.75, 3.05) is 0 Å². The molecule has 0 bridgehead atoms. The molecule has 0 aromatic carbocycles. The van der Waals surface area contributed by atoms with E-state index >= 15 is 0 Å². The Morgan fingerprint density at radius 1 is 0.950 bits per heavy atom. The van der Waals surface area contributed by atoms with Crippen molar-refractivity contribution in [3.63, 3.8) is 0 Å². The molecule has 0 heterocycles. The molecule has 122 valence electrons. The SMILES string of the molecule is CCCC(C)(C)OC(OC(C)(CC)CC)C(O)C(C)C. The van der Waals surface area contributed by atoms with E-state index in [1.807, 2.05) is 13.8 Å². The summed E-state index contributed by atoms with van der Waals surface area (Å²) in [5.74, 6) is 0.107. The fourth-order valence-electron chi connectivity index (χ4n) is 2.15. The fraction of sp³-hybridized carbons (Fsp3) is 1.00. The van der Waals surface area contributed by atoms with Gasteiger partial charge in [0.15, 0.2) is 6.29 Å². The van der Waals surface area contributed by atoms with Gasteiger partial charge in [-0.2, -0.15) is 0 Å². The van der Waals surface area contributed by atoms with E-state index in [0.717, 1.165) is 25.7 Å². The second-order valence-electron chi connectivity index (χ2n) is 7.01. The molecule has 3 nitrogen and oxygen atoms in total. The Bertz CT molecular complexity index is 257. The summed E-state index contributed by atoms with van der Waals surface area (Å²) in [4.78, 5) is 0. The van der Waals surface area contributed by atoms with Gasteiger partial charge in [0.1, 0.15) is 6.10 Å². The lowest BCUT2D eigenvalue weighted by Crippen LogP contribution is -2.46. The molecule has 20 heavy (non-hydrogen) atoms. The van der Waals surface area contributed by atoms with E-state index in [9.17, 15) is 5.11 Å². The van der Waals surface area contributed by atoms with Crippen LogP contribution in [0, 0.1) is 5.92 Å². The number of rotatable bonds is 10. The van der Waals surface area contributed by atoms with Crippen LogP contribution >= 0.6 is 0 Å². The molecule has 0 aliphatic heterocycles. The molecule has 0 amide bonds. The van der Waals surface area contributed by atoms with Crippen molar-refractivity contribution in [2.24, 2.45) is 5.92 Å². The Hall–Kier alpha value is -0.120. The molecule has 0 saturated carbocycles. The predicted octanol–water partition coefficient (Wildman–Crippen LogP) is 4.52. The second kappa shape index (κ2) is 8.35. The Morgan fingerprint density at radius 3 is 1.80 bits per heavy atom. The molecular formula is C17H36O3. The maximum absolute atomic E-state index is 10.4. The van der Waals surface area contributed by atoms with Gasteiger partial charge in [0.25, 0.3) is 0 Å². The van der Waals surface area contributed by atoms with Crippen LogP contribution in [-0.2, 0) is 9.47 Å². The van der Waals surface area contributed by atoms with Gasteiger partial charge in [-0.3, -0.25) is 0 Å². The van der Waals surface area contributed by atoms with Crippen molar-refractivity contribution in [2.45, 2.75) is 105 Å². The number of aliphatic hydroxyl groups excluding tert-OH is 1. The summed E-state index contributed by atoms with van der Waals surface area (Å²) >= 11 is 0. The van der Waals surface area contributed by atoms with E-state index in [4.69, 9.17) is 9.47 Å². The maximum atomic E-state index is 10.4. The first-order valence-corrected chi connectivity index (χ1v) is 8.14. The van der Waals surface area contributed by atoms with Gasteiger partial charge < -0.3 is 14.6 Å². The molecule has 0 fully saturated rings. The number of aliphatic hydroxyl groups is 1. The van der Waals surface area contributed by atoms with Crippen molar-refractivity contribution >= 4 is 0 Å². The van der Waals surface area contributed by atoms with Crippen LogP contribution in [0.4, 0.5) is 0 Å². The van der Waals surface area contributed by atoms with Gasteiger partial charge in [0.05, 0.1) is 11.2 Å². The summed E-state index contributed by atoms with van der Waals surface area (Å²) in [6.07, 6.45) is 2.64. The number of hydrogen-bond donors (Lipinski definition) is 1. The lowest BCUT2D eigenvalue weighted by molar-refractivity contribution is -0.285. The van der Waals surface area contributed by atoms with Crippen molar-refractivity contribution in [1.82, 2.24) is 0 Å². The lowest BCUT2D eigenvalue weighted by atomic mass is 9.98. The summed E-state index contributed by atoms with van der Waals surface area (Å²) < 4.78 is 12.3. The van der Waals surface area contributed by atoms with Gasteiger partial charge in [0, 0.05) is 0 Å². The van der Waals surface area contributed by atoms with E-state index in [2.05, 4.69) is 41.5 Å². The van der Waals surface area contributed by atoms with Crippen LogP contribution in [-0.4, -0.2) is 28.7 Å². The minimum absolute atomic E-state index is 0.107. The summed E-state index contributed by atoms with van der Waals surface area (Å²) in [6.45, 7) is 16.6. The third-order valence-corrected chi connectivity index (χ3v) is 4.15. The molecule has 0 aromatic rings. The topological polar surface area (TPSA) is 38.7 Å². The quantitative estimate of drug-likeness (QED) is 0.601. The van der Waals surface area contributed by atoms with Crippen molar-refractivity contribution in [3.05, 3.63) is 0 Å². The Kier molecular flexibility index (Phi) is 8.30. The largest absolute Gasteiger partial charge is 0.388 e. The molecule has 2 atom stereocenters. The Labute approximate surface area is 126 Å². The zero-order valence-corrected chi connectivity index (χ0v) is 14.8. The first kappa shape index (κ1) is 19.9. The zero-order valence-electron chi connectivity index (χ0n) is 14.8. The minimum Gasteiger partial charge on any atom is -0.388 e. The van der Waals surface area contributed by atoms with Gasteiger partial charge in [0.2, 0.25) is 0 Å². The van der Waals surface area contributed by atoms with Crippen LogP contribution in [0.2, 0.25) is 0 Å². The number of hydrogen-bond acceptors (Lipinski definition) is 3. The summed E-state index contributed by atoms with van der Waals surface area (Å²) in [5, 5.41) is 10.4. The highest BCUT2D eigenvalue weighted by Crippen LogP contribution is 2.29. The Balaban J connectivity index is 5.00. The zero-order chi connectivity index (χ0) is 16.0. The van der Waals surface area contributed by atoms with E-state index < -0.39 is 12.4 Å². The van der Waals surface area contributed by atoms with Crippen molar-refractivity contribution < 1.29 is 14.6 Å². The van der Waals surface area contributed by atoms with E-state index in [1.54, 1.807) is 0 Å². The standard InChI is InChI=1S/C17H36O3/c1-9-12-16(6,7)19-15(14(18)13(4)5)20-17(8,10-2)11-3/h13-15,18H,9-12H2,1-8H3. The summed E-state index contributed by atoms with van der Waals surface area (Å²) in [6, 6.07) is 0. The molecule has 0 radical (unpaired) electrons. The van der Waals surface area contributed by atoms with Gasteiger partial charge in [-0.25, -0.2) is 0 Å². The normalized spacial score (nSPS) is 16.5. The first-order chi connectivity index (χ1) is 9.10. The van der Waals surface area contributed by atoms with Crippen molar-refractivity contribution in [3.8, 4) is 0 Å². The molecule has 0 rings (SSSR count). The highest BCUT2D eigenvalue weighted by molar-refractivity contribution is 4.78. The molecule has 0 spiro atoms. The third-order valence-electron chi connectivity index (χ3n) is 4.15. The maximum Gasteiger partial charge on any atom is 0.184 e. The van der Waals surface area contributed by atoms with E-state index in [-0.39, 0.29) is 17.1 Å². The fourth-order valence-corrected chi connectivity index (χ4v) is 2.15. The highest BCUT2D eigenvalue weighted by atomic mass is 16.7. The molecule has 3 heteroatoms. The minimum atomic E-state index is -0.608. The summed E-state index contributed by atoms with van der Waals surface area (Å²) in [7, 11) is 0. The van der Waals surface area contributed by atoms with Crippen LogP contribution in [0.15, 0.2) is 0 Å². The van der Waals surface area contributed by atoms with Crippen LogP contribution in [0.5, 0.6) is 0 Å². The average molecular weight is 288 g/mol. The van der Waals surface area contributed by atoms with Gasteiger partial charge in [-0.05, 0) is 46.0 Å². The molecule has 2 unspecified atom stereocenters. The molecule has 0 saturated heterocycles. The van der Waals surface area contributed by atoms with Crippen molar-refractivity contribution in [1.29, 1.82) is 0 Å². The van der Waals surface area contributed by atoms with Crippen LogP contribution in [0.3, 0.4) is 0 Å². The molecule has 0 aromatic heterocycles. The van der Waals surface area contributed by atoms with Crippen LogP contribution in [0.1, 0.15) is 81.1 Å². The van der Waals surface area contributed by atoms with Gasteiger partial charge in [-0.15, -0.1) is 0 Å². The second-order valence-corrected chi connectivity index (χ2v) is 7.01. The highest BCUT2D eigenvalue weighted by Gasteiger charge is 2.35. The Morgan fingerprint density at radius 2 is 1.45 bits per heavy atom. The first-order valence-electron chi connectivity index (χ1n) is 8.14. The molecule has 0 aliphatic rings. The smallest absolute Gasteiger partial charge is 0.184 e. The van der Waals surface area contributed by atoms with Crippen LogP contribution < -0.4 is 0 Å². The van der Waals surface area contributed by atoms with E-state index in [0.29, 0.717) is 0 Å². The lowest BCUT2D eigenvalue weighted by Gasteiger charge is -2.39. The molecule has 1 N–H and O–H groups in total. The average Bonchev–Trinajstić information content (AvgIpc) is 2.36. The van der Waals surface area contributed by atoms with E-state index in [1.165, 1.54) is 0 Å².